The summed E-state index contributed by atoms with van der Waals surface area (Å²) < 4.78 is 5.13. The predicted octanol–water partition coefficient (Wildman–Crippen LogP) is 2.02. The van der Waals surface area contributed by atoms with Crippen LogP contribution in [0.5, 0.6) is 0 Å². The van der Waals surface area contributed by atoms with Crippen molar-refractivity contribution in [2.24, 2.45) is 0 Å². The molecule has 0 aliphatic carbocycles. The van der Waals surface area contributed by atoms with Gasteiger partial charge in [-0.1, -0.05) is 12.1 Å². The van der Waals surface area contributed by atoms with Gasteiger partial charge in [-0.25, -0.2) is 4.79 Å². The number of pyridine rings is 1. The predicted molar refractivity (Wildman–Crippen MR) is 64.2 cm³/mol. The van der Waals surface area contributed by atoms with Crippen LogP contribution < -0.4 is 5.73 Å². The van der Waals surface area contributed by atoms with Gasteiger partial charge >= 0.3 is 5.97 Å². The van der Waals surface area contributed by atoms with Gasteiger partial charge in [0.05, 0.1) is 5.56 Å². The van der Waals surface area contributed by atoms with E-state index in [0.717, 1.165) is 5.56 Å². The fourth-order valence-corrected chi connectivity index (χ4v) is 1.38. The lowest BCUT2D eigenvalue weighted by molar-refractivity contribution is 0.0472. The molecule has 1 aromatic carbocycles. The van der Waals surface area contributed by atoms with Gasteiger partial charge in [-0.05, 0) is 24.3 Å². The average Bonchev–Trinajstić information content (AvgIpc) is 2.37. The maximum atomic E-state index is 11.7. The molecular weight excluding hydrogens is 216 g/mol. The topological polar surface area (TPSA) is 65.2 Å². The minimum atomic E-state index is -0.388. The van der Waals surface area contributed by atoms with Gasteiger partial charge in [0.15, 0.2) is 0 Å². The van der Waals surface area contributed by atoms with Crippen LogP contribution in [0.4, 0.5) is 5.69 Å². The molecule has 0 bridgehead atoms. The monoisotopic (exact) mass is 228 g/mol. The number of nitrogen functional groups attached to an aromatic ring is 1. The summed E-state index contributed by atoms with van der Waals surface area (Å²) >= 11 is 0. The fourth-order valence-electron chi connectivity index (χ4n) is 1.38. The molecule has 0 aliphatic rings. The number of aromatic nitrogens is 1. The fraction of sp³-hybridized carbons (Fsp3) is 0.0769. The van der Waals surface area contributed by atoms with Crippen molar-refractivity contribution in [3.8, 4) is 0 Å². The van der Waals surface area contributed by atoms with E-state index in [1.54, 1.807) is 42.7 Å². The zero-order chi connectivity index (χ0) is 12.1. The first-order chi connectivity index (χ1) is 8.25. The van der Waals surface area contributed by atoms with Gasteiger partial charge in [0.25, 0.3) is 0 Å². The number of nitrogens with two attached hydrogens (primary N) is 1. The minimum Gasteiger partial charge on any atom is -0.457 e. The Bertz CT molecular complexity index is 512. The van der Waals surface area contributed by atoms with E-state index in [0.29, 0.717) is 11.3 Å². The second kappa shape index (κ2) is 5.12. The smallest absolute Gasteiger partial charge is 0.338 e. The lowest BCUT2D eigenvalue weighted by atomic mass is 10.2. The highest BCUT2D eigenvalue weighted by Crippen LogP contribution is 2.09. The molecule has 0 saturated heterocycles. The Balaban J connectivity index is 1.98. The largest absolute Gasteiger partial charge is 0.457 e. The number of hydrogen-bond donors (Lipinski definition) is 1. The lowest BCUT2D eigenvalue weighted by Gasteiger charge is -2.04. The third-order valence-electron chi connectivity index (χ3n) is 2.22. The number of nitrogens with zero attached hydrogens (tertiary/aromatic N) is 1. The highest BCUT2D eigenvalue weighted by atomic mass is 16.5. The van der Waals surface area contributed by atoms with E-state index in [2.05, 4.69) is 4.98 Å². The summed E-state index contributed by atoms with van der Waals surface area (Å²) in [4.78, 5) is 15.6. The number of ether oxygens (including phenoxy) is 1. The van der Waals surface area contributed by atoms with Gasteiger partial charge < -0.3 is 10.5 Å². The zero-order valence-electron chi connectivity index (χ0n) is 9.17. The summed E-state index contributed by atoms with van der Waals surface area (Å²) in [5.41, 5.74) is 7.43. The molecule has 1 aromatic heterocycles. The average molecular weight is 228 g/mol. The molecule has 2 N–H and O–H groups in total. The Morgan fingerprint density at radius 2 is 2.18 bits per heavy atom. The summed E-state index contributed by atoms with van der Waals surface area (Å²) in [6, 6.07) is 10.3. The van der Waals surface area contributed by atoms with Crippen LogP contribution in [-0.4, -0.2) is 11.0 Å². The number of anilines is 1. The van der Waals surface area contributed by atoms with E-state index in [-0.39, 0.29) is 12.6 Å². The highest BCUT2D eigenvalue weighted by Gasteiger charge is 2.07. The van der Waals surface area contributed by atoms with Crippen LogP contribution >= 0.6 is 0 Å². The Morgan fingerprint density at radius 1 is 1.29 bits per heavy atom. The molecule has 4 heteroatoms. The van der Waals surface area contributed by atoms with Gasteiger partial charge in [0, 0.05) is 23.6 Å². The first-order valence-electron chi connectivity index (χ1n) is 5.17. The maximum absolute atomic E-state index is 11.7. The second-order valence-electron chi connectivity index (χ2n) is 3.56. The Hall–Kier alpha value is -2.36. The number of benzene rings is 1. The van der Waals surface area contributed by atoms with Gasteiger partial charge in [-0.2, -0.15) is 0 Å². The van der Waals surface area contributed by atoms with E-state index in [1.807, 2.05) is 6.07 Å². The quantitative estimate of drug-likeness (QED) is 0.644. The van der Waals surface area contributed by atoms with Crippen molar-refractivity contribution in [2.75, 3.05) is 5.73 Å². The summed E-state index contributed by atoms with van der Waals surface area (Å²) in [6.45, 7) is 0.210. The number of carbonyl (C=O) groups excluding carboxylic acids is 1. The van der Waals surface area contributed by atoms with Crippen LogP contribution in [0.25, 0.3) is 0 Å². The van der Waals surface area contributed by atoms with Crippen LogP contribution in [-0.2, 0) is 11.3 Å². The van der Waals surface area contributed by atoms with Crippen molar-refractivity contribution in [1.29, 1.82) is 0 Å². The molecule has 0 spiro atoms. The first kappa shape index (κ1) is 11.1. The number of rotatable bonds is 3. The molecule has 0 aliphatic heterocycles. The Labute approximate surface area is 99.1 Å². The second-order valence-corrected chi connectivity index (χ2v) is 3.56. The van der Waals surface area contributed by atoms with E-state index < -0.39 is 0 Å². The molecule has 86 valence electrons. The third kappa shape index (κ3) is 3.04. The normalized spacial score (nSPS) is 9.88. The van der Waals surface area contributed by atoms with Crippen molar-refractivity contribution < 1.29 is 9.53 Å². The summed E-state index contributed by atoms with van der Waals surface area (Å²) in [5.74, 6) is -0.388. The molecule has 0 unspecified atom stereocenters. The SMILES string of the molecule is Nc1cccc(C(=O)OCc2cccnc2)c1. The number of esters is 1. The highest BCUT2D eigenvalue weighted by molar-refractivity contribution is 5.90. The van der Waals surface area contributed by atoms with E-state index in [1.165, 1.54) is 0 Å². The number of hydrogen-bond acceptors (Lipinski definition) is 4. The molecule has 0 saturated carbocycles. The zero-order valence-corrected chi connectivity index (χ0v) is 9.17. The molecule has 4 nitrogen and oxygen atoms in total. The number of carbonyl (C=O) groups is 1. The van der Waals surface area contributed by atoms with Crippen molar-refractivity contribution in [3.05, 3.63) is 59.9 Å². The van der Waals surface area contributed by atoms with Gasteiger partial charge in [-0.3, -0.25) is 4.98 Å². The standard InChI is InChI=1S/C13H12N2O2/c14-12-5-1-4-11(7-12)13(16)17-9-10-3-2-6-15-8-10/h1-8H,9,14H2. The van der Waals surface area contributed by atoms with E-state index in [4.69, 9.17) is 10.5 Å². The van der Waals surface area contributed by atoms with Crippen LogP contribution in [0.1, 0.15) is 15.9 Å². The molecule has 1 heterocycles. The lowest BCUT2D eigenvalue weighted by Crippen LogP contribution is -2.05. The molecular formula is C13H12N2O2. The van der Waals surface area contributed by atoms with Gasteiger partial charge in [-0.15, -0.1) is 0 Å². The van der Waals surface area contributed by atoms with Crippen molar-refractivity contribution in [2.45, 2.75) is 6.61 Å². The molecule has 2 aromatic rings. The molecule has 0 fully saturated rings. The molecule has 0 amide bonds. The molecule has 17 heavy (non-hydrogen) atoms. The third-order valence-corrected chi connectivity index (χ3v) is 2.22. The summed E-state index contributed by atoms with van der Waals surface area (Å²) in [6.07, 6.45) is 3.33. The van der Waals surface area contributed by atoms with E-state index in [9.17, 15) is 4.79 Å². The van der Waals surface area contributed by atoms with Crippen LogP contribution in [0.3, 0.4) is 0 Å². The van der Waals surface area contributed by atoms with Crippen LogP contribution in [0.2, 0.25) is 0 Å². The van der Waals surface area contributed by atoms with Gasteiger partial charge in [0.1, 0.15) is 6.61 Å². The van der Waals surface area contributed by atoms with E-state index >= 15 is 0 Å². The molecule has 0 radical (unpaired) electrons. The van der Waals surface area contributed by atoms with Crippen molar-refractivity contribution >= 4 is 11.7 Å². The maximum Gasteiger partial charge on any atom is 0.338 e. The molecule has 0 atom stereocenters. The first-order valence-corrected chi connectivity index (χ1v) is 5.17. The minimum absolute atomic E-state index is 0.210. The summed E-state index contributed by atoms with van der Waals surface area (Å²) in [5, 5.41) is 0. The Kier molecular flexibility index (Phi) is 3.35. The van der Waals surface area contributed by atoms with Crippen LogP contribution in [0, 0.1) is 0 Å². The van der Waals surface area contributed by atoms with Gasteiger partial charge in [0.2, 0.25) is 0 Å². The molecule has 2 rings (SSSR count). The van der Waals surface area contributed by atoms with Crippen molar-refractivity contribution in [1.82, 2.24) is 4.98 Å². The van der Waals surface area contributed by atoms with Crippen LogP contribution in [0.15, 0.2) is 48.8 Å². The summed E-state index contributed by atoms with van der Waals surface area (Å²) in [7, 11) is 0. The Morgan fingerprint density at radius 3 is 2.88 bits per heavy atom. The van der Waals surface area contributed by atoms with Crippen molar-refractivity contribution in [3.63, 3.8) is 0 Å².